The Labute approximate surface area is 122 Å². The predicted octanol–water partition coefficient (Wildman–Crippen LogP) is 4.46. The molecule has 0 aliphatic heterocycles. The number of hydrogen-bond acceptors (Lipinski definition) is 2. The lowest BCUT2D eigenvalue weighted by atomic mass is 9.95. The van der Waals surface area contributed by atoms with Gasteiger partial charge < -0.3 is 10.1 Å². The van der Waals surface area contributed by atoms with Gasteiger partial charge in [-0.3, -0.25) is 0 Å². The van der Waals surface area contributed by atoms with E-state index in [-0.39, 0.29) is 0 Å². The molecule has 2 aliphatic carbocycles. The van der Waals surface area contributed by atoms with Crippen LogP contribution in [0.1, 0.15) is 63.0 Å². The third-order valence-electron chi connectivity index (χ3n) is 4.80. The molecule has 0 bridgehead atoms. The Morgan fingerprint density at radius 2 is 1.80 bits per heavy atom. The molecule has 20 heavy (non-hydrogen) atoms. The van der Waals surface area contributed by atoms with E-state index in [2.05, 4.69) is 36.6 Å². The minimum absolute atomic E-state index is 0.489. The largest absolute Gasteiger partial charge is 0.490 e. The van der Waals surface area contributed by atoms with Crippen LogP contribution in [-0.2, 0) is 0 Å². The van der Waals surface area contributed by atoms with Crippen LogP contribution >= 0.6 is 0 Å². The smallest absolute Gasteiger partial charge is 0.119 e. The first-order chi connectivity index (χ1) is 9.85. The van der Waals surface area contributed by atoms with Crippen molar-refractivity contribution in [1.29, 1.82) is 0 Å². The molecule has 2 saturated carbocycles. The summed E-state index contributed by atoms with van der Waals surface area (Å²) in [5, 5.41) is 3.47. The molecule has 1 aromatic carbocycles. The third kappa shape index (κ3) is 3.76. The molecule has 110 valence electrons. The van der Waals surface area contributed by atoms with Crippen molar-refractivity contribution in [2.24, 2.45) is 5.92 Å². The van der Waals surface area contributed by atoms with Gasteiger partial charge in [0.05, 0.1) is 6.10 Å². The van der Waals surface area contributed by atoms with E-state index in [1.54, 1.807) is 0 Å². The highest BCUT2D eigenvalue weighted by molar-refractivity contribution is 5.29. The van der Waals surface area contributed by atoms with Gasteiger partial charge in [0, 0.05) is 6.04 Å². The van der Waals surface area contributed by atoms with E-state index in [1.807, 2.05) is 0 Å². The number of hydrogen-bond donors (Lipinski definition) is 1. The Morgan fingerprint density at radius 1 is 1.10 bits per heavy atom. The van der Waals surface area contributed by atoms with Gasteiger partial charge in [-0.05, 0) is 56.3 Å². The van der Waals surface area contributed by atoms with Crippen molar-refractivity contribution >= 4 is 0 Å². The Morgan fingerprint density at radius 3 is 2.40 bits per heavy atom. The van der Waals surface area contributed by atoms with Crippen molar-refractivity contribution in [3.63, 3.8) is 0 Å². The molecule has 2 fully saturated rings. The van der Waals surface area contributed by atoms with E-state index in [0.717, 1.165) is 11.7 Å². The molecule has 0 aromatic heterocycles. The van der Waals surface area contributed by atoms with Crippen LogP contribution in [0.5, 0.6) is 5.75 Å². The highest BCUT2D eigenvalue weighted by Gasteiger charge is 2.23. The summed E-state index contributed by atoms with van der Waals surface area (Å²) in [4.78, 5) is 0. The van der Waals surface area contributed by atoms with E-state index in [0.29, 0.717) is 12.1 Å². The summed E-state index contributed by atoms with van der Waals surface area (Å²) in [7, 11) is 2.08. The molecule has 0 spiro atoms. The van der Waals surface area contributed by atoms with Crippen molar-refractivity contribution < 1.29 is 4.74 Å². The van der Waals surface area contributed by atoms with E-state index in [1.165, 1.54) is 56.9 Å². The molecule has 1 N–H and O–H groups in total. The van der Waals surface area contributed by atoms with Crippen molar-refractivity contribution in [2.75, 3.05) is 7.05 Å². The Hall–Kier alpha value is -1.02. The van der Waals surface area contributed by atoms with E-state index >= 15 is 0 Å². The fraction of sp³-hybridized carbons (Fsp3) is 0.667. The maximum Gasteiger partial charge on any atom is 0.119 e. The first kappa shape index (κ1) is 13.9. The van der Waals surface area contributed by atoms with E-state index in [9.17, 15) is 0 Å². The molecule has 0 amide bonds. The summed E-state index contributed by atoms with van der Waals surface area (Å²) >= 11 is 0. The zero-order valence-electron chi connectivity index (χ0n) is 12.6. The quantitative estimate of drug-likeness (QED) is 0.792. The monoisotopic (exact) mass is 273 g/mol. The van der Waals surface area contributed by atoms with Gasteiger partial charge in [-0.1, -0.05) is 37.8 Å². The van der Waals surface area contributed by atoms with Crippen LogP contribution < -0.4 is 10.1 Å². The van der Waals surface area contributed by atoms with Crippen molar-refractivity contribution in [3.05, 3.63) is 29.8 Å². The first-order valence-corrected chi connectivity index (χ1v) is 8.29. The highest BCUT2D eigenvalue weighted by Crippen LogP contribution is 2.32. The van der Waals surface area contributed by atoms with Gasteiger partial charge in [0.1, 0.15) is 5.75 Å². The van der Waals surface area contributed by atoms with Gasteiger partial charge in [-0.25, -0.2) is 0 Å². The molecule has 1 aromatic rings. The Kier molecular flexibility index (Phi) is 4.62. The second kappa shape index (κ2) is 6.62. The van der Waals surface area contributed by atoms with Gasteiger partial charge in [-0.2, -0.15) is 0 Å². The summed E-state index contributed by atoms with van der Waals surface area (Å²) in [5.74, 6) is 2.00. The zero-order valence-corrected chi connectivity index (χ0v) is 12.6. The van der Waals surface area contributed by atoms with Crippen LogP contribution in [-0.4, -0.2) is 13.2 Å². The number of ether oxygens (including phenoxy) is 1. The number of benzene rings is 1. The molecule has 3 rings (SSSR count). The minimum Gasteiger partial charge on any atom is -0.490 e. The molecule has 2 aliphatic rings. The third-order valence-corrected chi connectivity index (χ3v) is 4.80. The Balaban J connectivity index is 1.53. The molecule has 0 heterocycles. The lowest BCUT2D eigenvalue weighted by Crippen LogP contribution is -2.17. The van der Waals surface area contributed by atoms with Gasteiger partial charge in [-0.15, -0.1) is 0 Å². The average molecular weight is 273 g/mol. The average Bonchev–Trinajstić information content (AvgIpc) is 3.14. The second-order valence-electron chi connectivity index (χ2n) is 6.46. The molecule has 0 saturated heterocycles. The first-order valence-electron chi connectivity index (χ1n) is 8.29. The van der Waals surface area contributed by atoms with Crippen LogP contribution in [0.15, 0.2) is 24.3 Å². The van der Waals surface area contributed by atoms with E-state index < -0.39 is 0 Å². The van der Waals surface area contributed by atoms with Crippen LogP contribution in [0.4, 0.5) is 0 Å². The maximum atomic E-state index is 5.81. The Bertz CT molecular complexity index is 404. The topological polar surface area (TPSA) is 21.3 Å². The fourth-order valence-corrected chi connectivity index (χ4v) is 3.34. The van der Waals surface area contributed by atoms with Crippen LogP contribution in [0.25, 0.3) is 0 Å². The number of nitrogens with one attached hydrogen (secondary N) is 1. The van der Waals surface area contributed by atoms with Gasteiger partial charge in [0.25, 0.3) is 0 Å². The molecule has 1 unspecified atom stereocenters. The van der Waals surface area contributed by atoms with Crippen molar-refractivity contribution in [2.45, 2.75) is 63.5 Å². The zero-order chi connectivity index (χ0) is 13.8. The van der Waals surface area contributed by atoms with Gasteiger partial charge in [0.2, 0.25) is 0 Å². The van der Waals surface area contributed by atoms with Crippen LogP contribution in [0, 0.1) is 5.92 Å². The lowest BCUT2D eigenvalue weighted by molar-refractivity contribution is 0.303. The molecular formula is C18H27NO. The van der Waals surface area contributed by atoms with Crippen molar-refractivity contribution in [3.8, 4) is 5.75 Å². The van der Waals surface area contributed by atoms with Crippen molar-refractivity contribution in [1.82, 2.24) is 5.32 Å². The standard InChI is InChI=1S/C18H27NO/c1-19-18(13-6-14-4-2-3-5-14)15-7-9-16(10-8-15)20-17-11-12-17/h7-10,14,17-19H,2-6,11-13H2,1H3. The van der Waals surface area contributed by atoms with E-state index in [4.69, 9.17) is 4.74 Å². The van der Waals surface area contributed by atoms with Gasteiger partial charge in [0.15, 0.2) is 0 Å². The fourth-order valence-electron chi connectivity index (χ4n) is 3.34. The number of rotatable bonds is 7. The predicted molar refractivity (Wildman–Crippen MR) is 83.1 cm³/mol. The van der Waals surface area contributed by atoms with Crippen LogP contribution in [0.2, 0.25) is 0 Å². The summed E-state index contributed by atoms with van der Waals surface area (Å²) in [5.41, 5.74) is 1.40. The summed E-state index contributed by atoms with van der Waals surface area (Å²) < 4.78 is 5.81. The normalized spacial score (nSPS) is 21.1. The minimum atomic E-state index is 0.489. The maximum absolute atomic E-state index is 5.81. The summed E-state index contributed by atoms with van der Waals surface area (Å²) in [6.07, 6.45) is 11.4. The lowest BCUT2D eigenvalue weighted by Gasteiger charge is -2.19. The summed E-state index contributed by atoms with van der Waals surface area (Å²) in [6.45, 7) is 0. The molecule has 0 radical (unpaired) electrons. The highest BCUT2D eigenvalue weighted by atomic mass is 16.5. The van der Waals surface area contributed by atoms with Crippen LogP contribution in [0.3, 0.4) is 0 Å². The van der Waals surface area contributed by atoms with Gasteiger partial charge >= 0.3 is 0 Å². The molecular weight excluding hydrogens is 246 g/mol. The molecule has 2 nitrogen and oxygen atoms in total. The molecule has 1 atom stereocenters. The second-order valence-corrected chi connectivity index (χ2v) is 6.46. The SMILES string of the molecule is CNC(CCC1CCCC1)c1ccc(OC2CC2)cc1. The molecule has 2 heteroatoms. The summed E-state index contributed by atoms with van der Waals surface area (Å²) in [6, 6.07) is 9.22.